The number of carbonyl (C=O) groups is 2. The molecule has 0 fully saturated rings. The van der Waals surface area contributed by atoms with E-state index in [0.717, 1.165) is 22.1 Å². The minimum absolute atomic E-state index is 0.0240. The van der Waals surface area contributed by atoms with Crippen LogP contribution >= 0.6 is 0 Å². The van der Waals surface area contributed by atoms with Gasteiger partial charge in [-0.3, -0.25) is 9.59 Å². The number of carbonyl (C=O) groups excluding carboxylic acids is 2. The van der Waals surface area contributed by atoms with Crippen LogP contribution in [0.25, 0.3) is 10.8 Å². The van der Waals surface area contributed by atoms with E-state index in [1.165, 1.54) is 6.92 Å². The number of methoxy groups -OCH3 is 1. The molecule has 0 N–H and O–H groups in total. The first kappa shape index (κ1) is 17.7. The lowest BCUT2D eigenvalue weighted by molar-refractivity contribution is -0.135. The van der Waals surface area contributed by atoms with Crippen molar-refractivity contribution < 1.29 is 19.1 Å². The molecule has 0 spiro atoms. The molecule has 0 saturated heterocycles. The monoisotopic (exact) mass is 348 g/mol. The van der Waals surface area contributed by atoms with Crippen molar-refractivity contribution in [2.45, 2.75) is 19.8 Å². The van der Waals surface area contributed by atoms with Gasteiger partial charge >= 0.3 is 5.97 Å². The highest BCUT2D eigenvalue weighted by molar-refractivity contribution is 5.94. The highest BCUT2D eigenvalue weighted by atomic mass is 16.5. The summed E-state index contributed by atoms with van der Waals surface area (Å²) in [6.45, 7) is 3.31. The first-order chi connectivity index (χ1) is 12.5. The Hall–Kier alpha value is -3.14. The van der Waals surface area contributed by atoms with E-state index in [0.29, 0.717) is 11.3 Å². The molecule has 0 unspecified atom stereocenters. The molecule has 0 aromatic heterocycles. The lowest BCUT2D eigenvalue weighted by atomic mass is 9.98. The fourth-order valence-corrected chi connectivity index (χ4v) is 2.74. The second kappa shape index (κ2) is 7.40. The standard InChI is InChI=1S/C22H20O4/c1-14(22(24)26-20-9-6-16(7-10-20)15(2)23)17-4-5-19-13-21(25-3)11-8-18(19)12-17/h4-14H,1-3H3/t14-/m0/s1. The highest BCUT2D eigenvalue weighted by Gasteiger charge is 2.18. The highest BCUT2D eigenvalue weighted by Crippen LogP contribution is 2.26. The largest absolute Gasteiger partial charge is 0.497 e. The van der Waals surface area contributed by atoms with Crippen LogP contribution in [0.5, 0.6) is 11.5 Å². The van der Waals surface area contributed by atoms with Gasteiger partial charge in [-0.2, -0.15) is 0 Å². The topological polar surface area (TPSA) is 52.6 Å². The summed E-state index contributed by atoms with van der Waals surface area (Å²) in [5.74, 6) is 0.454. The van der Waals surface area contributed by atoms with Crippen LogP contribution in [0.2, 0.25) is 0 Å². The first-order valence-electron chi connectivity index (χ1n) is 8.38. The van der Waals surface area contributed by atoms with Crippen LogP contribution < -0.4 is 9.47 Å². The smallest absolute Gasteiger partial charge is 0.318 e. The van der Waals surface area contributed by atoms with E-state index in [4.69, 9.17) is 9.47 Å². The zero-order chi connectivity index (χ0) is 18.7. The normalized spacial score (nSPS) is 11.8. The number of hydrogen-bond acceptors (Lipinski definition) is 4. The molecular formula is C22H20O4. The van der Waals surface area contributed by atoms with Gasteiger partial charge in [0.25, 0.3) is 0 Å². The predicted molar refractivity (Wildman–Crippen MR) is 101 cm³/mol. The zero-order valence-corrected chi connectivity index (χ0v) is 15.0. The minimum Gasteiger partial charge on any atom is -0.497 e. The Labute approximate surface area is 152 Å². The van der Waals surface area contributed by atoms with Gasteiger partial charge in [-0.05, 0) is 66.6 Å². The maximum absolute atomic E-state index is 12.5. The molecule has 3 aromatic rings. The number of ketones is 1. The van der Waals surface area contributed by atoms with E-state index < -0.39 is 5.92 Å². The number of esters is 1. The summed E-state index contributed by atoms with van der Waals surface area (Å²) in [5.41, 5.74) is 1.47. The van der Waals surface area contributed by atoms with Crippen molar-refractivity contribution in [2.75, 3.05) is 7.11 Å². The average molecular weight is 348 g/mol. The van der Waals surface area contributed by atoms with Gasteiger partial charge in [-0.25, -0.2) is 0 Å². The third-order valence-electron chi connectivity index (χ3n) is 4.40. The number of benzene rings is 3. The van der Waals surface area contributed by atoms with Gasteiger partial charge in [-0.1, -0.05) is 24.3 Å². The third kappa shape index (κ3) is 3.75. The van der Waals surface area contributed by atoms with Crippen LogP contribution in [0.3, 0.4) is 0 Å². The summed E-state index contributed by atoms with van der Waals surface area (Å²) in [6.07, 6.45) is 0. The second-order valence-corrected chi connectivity index (χ2v) is 6.20. The molecule has 0 saturated carbocycles. The molecule has 0 aliphatic rings. The quantitative estimate of drug-likeness (QED) is 0.379. The van der Waals surface area contributed by atoms with E-state index in [-0.39, 0.29) is 11.8 Å². The maximum Gasteiger partial charge on any atom is 0.318 e. The fraction of sp³-hybridized carbons (Fsp3) is 0.182. The molecule has 0 radical (unpaired) electrons. The van der Waals surface area contributed by atoms with E-state index in [1.54, 1.807) is 31.4 Å². The van der Waals surface area contributed by atoms with Crippen molar-refractivity contribution in [2.24, 2.45) is 0 Å². The van der Waals surface area contributed by atoms with Gasteiger partial charge in [-0.15, -0.1) is 0 Å². The number of ether oxygens (including phenoxy) is 2. The van der Waals surface area contributed by atoms with Crippen LogP contribution in [0.1, 0.15) is 35.7 Å². The lowest BCUT2D eigenvalue weighted by Crippen LogP contribution is -2.16. The molecule has 3 aromatic carbocycles. The lowest BCUT2D eigenvalue weighted by Gasteiger charge is -2.13. The van der Waals surface area contributed by atoms with Crippen molar-refractivity contribution in [1.82, 2.24) is 0 Å². The minimum atomic E-state index is -0.408. The van der Waals surface area contributed by atoms with Crippen LogP contribution in [0.4, 0.5) is 0 Å². The second-order valence-electron chi connectivity index (χ2n) is 6.20. The SMILES string of the molecule is COc1ccc2cc([C@H](C)C(=O)Oc3ccc(C(C)=O)cc3)ccc2c1. The average Bonchev–Trinajstić information content (AvgIpc) is 2.66. The van der Waals surface area contributed by atoms with E-state index in [2.05, 4.69) is 0 Å². The fourth-order valence-electron chi connectivity index (χ4n) is 2.74. The number of hydrogen-bond donors (Lipinski definition) is 0. The molecule has 4 heteroatoms. The number of fused-ring (bicyclic) bond motifs is 1. The van der Waals surface area contributed by atoms with E-state index in [9.17, 15) is 9.59 Å². The van der Waals surface area contributed by atoms with Crippen molar-refractivity contribution in [3.05, 3.63) is 71.8 Å². The van der Waals surface area contributed by atoms with Crippen LogP contribution in [0.15, 0.2) is 60.7 Å². The van der Waals surface area contributed by atoms with Gasteiger partial charge in [0.2, 0.25) is 0 Å². The molecule has 0 aliphatic heterocycles. The van der Waals surface area contributed by atoms with Gasteiger partial charge in [0.15, 0.2) is 5.78 Å². The van der Waals surface area contributed by atoms with Gasteiger partial charge in [0, 0.05) is 5.56 Å². The van der Waals surface area contributed by atoms with Crippen LogP contribution in [0, 0.1) is 0 Å². The van der Waals surface area contributed by atoms with Crippen molar-refractivity contribution in [3.8, 4) is 11.5 Å². The summed E-state index contributed by atoms with van der Waals surface area (Å²) in [4.78, 5) is 23.8. The molecule has 0 bridgehead atoms. The Kier molecular flexibility index (Phi) is 5.03. The van der Waals surface area contributed by atoms with E-state index in [1.807, 2.05) is 43.3 Å². The molecule has 0 aliphatic carbocycles. The van der Waals surface area contributed by atoms with Crippen LogP contribution in [-0.2, 0) is 4.79 Å². The Morgan fingerprint density at radius 1 is 0.846 bits per heavy atom. The molecule has 4 nitrogen and oxygen atoms in total. The summed E-state index contributed by atoms with van der Waals surface area (Å²) in [7, 11) is 1.64. The molecule has 0 amide bonds. The Balaban J connectivity index is 1.77. The zero-order valence-electron chi connectivity index (χ0n) is 15.0. The molecule has 1 atom stereocenters. The van der Waals surface area contributed by atoms with Gasteiger partial charge in [0.1, 0.15) is 11.5 Å². The third-order valence-corrected chi connectivity index (χ3v) is 4.40. The van der Waals surface area contributed by atoms with Gasteiger partial charge < -0.3 is 9.47 Å². The number of rotatable bonds is 5. The first-order valence-corrected chi connectivity index (χ1v) is 8.38. The Morgan fingerprint density at radius 3 is 2.12 bits per heavy atom. The van der Waals surface area contributed by atoms with Gasteiger partial charge in [0.05, 0.1) is 13.0 Å². The molecule has 132 valence electrons. The summed E-state index contributed by atoms with van der Waals surface area (Å²) >= 11 is 0. The molecule has 26 heavy (non-hydrogen) atoms. The molecular weight excluding hydrogens is 328 g/mol. The summed E-state index contributed by atoms with van der Waals surface area (Å²) < 4.78 is 10.7. The molecule has 0 heterocycles. The Bertz CT molecular complexity index is 958. The van der Waals surface area contributed by atoms with Crippen LogP contribution in [-0.4, -0.2) is 18.9 Å². The Morgan fingerprint density at radius 2 is 1.46 bits per heavy atom. The van der Waals surface area contributed by atoms with Crippen molar-refractivity contribution in [3.63, 3.8) is 0 Å². The molecule has 3 rings (SSSR count). The predicted octanol–water partition coefficient (Wildman–Crippen LogP) is 4.76. The van der Waals surface area contributed by atoms with E-state index >= 15 is 0 Å². The summed E-state index contributed by atoms with van der Waals surface area (Å²) in [6, 6.07) is 18.3. The van der Waals surface area contributed by atoms with Crippen molar-refractivity contribution in [1.29, 1.82) is 0 Å². The maximum atomic E-state index is 12.5. The van der Waals surface area contributed by atoms with Crippen molar-refractivity contribution >= 4 is 22.5 Å². The summed E-state index contributed by atoms with van der Waals surface area (Å²) in [5, 5.41) is 2.09. The number of Topliss-reactive ketones (excluding diaryl/α,β-unsaturated/α-hetero) is 1.